The van der Waals surface area contributed by atoms with Crippen molar-refractivity contribution in [3.8, 4) is 0 Å². The number of nitrogens with zero attached hydrogens (tertiary/aromatic N) is 3. The highest BCUT2D eigenvalue weighted by molar-refractivity contribution is 5.46. The summed E-state index contributed by atoms with van der Waals surface area (Å²) in [4.78, 5) is 8.85. The summed E-state index contributed by atoms with van der Waals surface area (Å²) in [5.41, 5.74) is 5.93. The number of nitrogen functional groups attached to an aromatic ring is 1. The van der Waals surface area contributed by atoms with Crippen LogP contribution in [0.15, 0.2) is 6.07 Å². The van der Waals surface area contributed by atoms with E-state index in [4.69, 9.17) is 5.84 Å². The molecule has 2 rings (SSSR count). The van der Waals surface area contributed by atoms with E-state index < -0.39 is 0 Å². The first-order chi connectivity index (χ1) is 8.69. The number of aromatic nitrogens is 2. The van der Waals surface area contributed by atoms with Crippen molar-refractivity contribution < 1.29 is 0 Å². The van der Waals surface area contributed by atoms with Crippen molar-refractivity contribution in [3.05, 3.63) is 11.9 Å². The van der Waals surface area contributed by atoms with Gasteiger partial charge in [-0.3, -0.25) is 0 Å². The summed E-state index contributed by atoms with van der Waals surface area (Å²) < 4.78 is 0. The Balaban J connectivity index is 2.12. The molecule has 0 aromatic carbocycles. The standard InChI is InChI=1S/C12H22N6/c1-9(2)12-14-10(16-13)8-11(15-12)17-18-6-4-3-5-7-18/h8-9H,3-7,13H2,1-2H3,(H2,14,15,16,17). The molecule has 4 N–H and O–H groups in total. The summed E-state index contributed by atoms with van der Waals surface area (Å²) in [6.07, 6.45) is 3.78. The number of hydrazine groups is 2. The zero-order chi connectivity index (χ0) is 13.0. The van der Waals surface area contributed by atoms with Gasteiger partial charge in [-0.25, -0.2) is 20.8 Å². The molecule has 0 amide bonds. The Morgan fingerprint density at radius 1 is 1.17 bits per heavy atom. The topological polar surface area (TPSA) is 79.1 Å². The fourth-order valence-electron chi connectivity index (χ4n) is 2.02. The first-order valence-corrected chi connectivity index (χ1v) is 6.56. The fraction of sp³-hybridized carbons (Fsp3) is 0.667. The highest BCUT2D eigenvalue weighted by Crippen LogP contribution is 2.18. The number of hydrogen-bond donors (Lipinski definition) is 3. The van der Waals surface area contributed by atoms with Gasteiger partial charge in [0.25, 0.3) is 0 Å². The van der Waals surface area contributed by atoms with Crippen LogP contribution in [-0.2, 0) is 0 Å². The SMILES string of the molecule is CC(C)c1nc(NN)cc(NN2CCCCC2)n1. The van der Waals surface area contributed by atoms with E-state index in [-0.39, 0.29) is 5.92 Å². The predicted molar refractivity (Wildman–Crippen MR) is 73.0 cm³/mol. The Labute approximate surface area is 108 Å². The molecule has 0 bridgehead atoms. The van der Waals surface area contributed by atoms with Crippen LogP contribution in [0.3, 0.4) is 0 Å². The number of piperidine rings is 1. The van der Waals surface area contributed by atoms with Crippen molar-refractivity contribution in [1.82, 2.24) is 15.0 Å². The Morgan fingerprint density at radius 3 is 2.44 bits per heavy atom. The summed E-state index contributed by atoms with van der Waals surface area (Å²) in [6, 6.07) is 1.83. The molecule has 0 spiro atoms. The van der Waals surface area contributed by atoms with Crippen LogP contribution >= 0.6 is 0 Å². The average molecular weight is 250 g/mol. The molecule has 6 heteroatoms. The van der Waals surface area contributed by atoms with Gasteiger partial charge in [-0.2, -0.15) is 0 Å². The minimum Gasteiger partial charge on any atom is -0.308 e. The second kappa shape index (κ2) is 5.97. The third-order valence-corrected chi connectivity index (χ3v) is 3.04. The molecule has 6 nitrogen and oxygen atoms in total. The van der Waals surface area contributed by atoms with Crippen LogP contribution in [-0.4, -0.2) is 28.1 Å². The van der Waals surface area contributed by atoms with Gasteiger partial charge in [-0.1, -0.05) is 20.3 Å². The van der Waals surface area contributed by atoms with Crippen molar-refractivity contribution in [3.63, 3.8) is 0 Å². The van der Waals surface area contributed by atoms with Crippen LogP contribution in [0.2, 0.25) is 0 Å². The Kier molecular flexibility index (Phi) is 4.33. The van der Waals surface area contributed by atoms with E-state index in [0.29, 0.717) is 5.82 Å². The maximum atomic E-state index is 5.44. The van der Waals surface area contributed by atoms with Gasteiger partial charge in [0.2, 0.25) is 0 Å². The Bertz CT molecular complexity index is 386. The van der Waals surface area contributed by atoms with E-state index in [1.54, 1.807) is 0 Å². The van der Waals surface area contributed by atoms with E-state index in [2.05, 4.69) is 39.7 Å². The summed E-state index contributed by atoms with van der Waals surface area (Å²) in [6.45, 7) is 6.26. The van der Waals surface area contributed by atoms with Gasteiger partial charge >= 0.3 is 0 Å². The molecule has 0 atom stereocenters. The first kappa shape index (κ1) is 13.0. The lowest BCUT2D eigenvalue weighted by atomic mass is 10.2. The van der Waals surface area contributed by atoms with Crippen molar-refractivity contribution in [2.45, 2.75) is 39.0 Å². The first-order valence-electron chi connectivity index (χ1n) is 6.56. The van der Waals surface area contributed by atoms with Gasteiger partial charge < -0.3 is 10.9 Å². The number of nitrogens with one attached hydrogen (secondary N) is 2. The molecule has 2 heterocycles. The summed E-state index contributed by atoms with van der Waals surface area (Å²) in [7, 11) is 0. The van der Waals surface area contributed by atoms with Crippen molar-refractivity contribution in [2.75, 3.05) is 23.9 Å². The van der Waals surface area contributed by atoms with Gasteiger partial charge in [0.1, 0.15) is 17.5 Å². The molecule has 0 unspecified atom stereocenters. The van der Waals surface area contributed by atoms with E-state index in [1.807, 2.05) is 6.07 Å². The van der Waals surface area contributed by atoms with Gasteiger partial charge in [0, 0.05) is 25.1 Å². The van der Waals surface area contributed by atoms with Crippen LogP contribution in [0.1, 0.15) is 44.9 Å². The molecule has 0 aliphatic carbocycles. The van der Waals surface area contributed by atoms with E-state index in [9.17, 15) is 0 Å². The summed E-state index contributed by atoms with van der Waals surface area (Å²) in [5.74, 6) is 7.97. The second-order valence-corrected chi connectivity index (χ2v) is 4.96. The molecule has 100 valence electrons. The minimum absolute atomic E-state index is 0.278. The largest absolute Gasteiger partial charge is 0.308 e. The van der Waals surface area contributed by atoms with Crippen LogP contribution in [0.25, 0.3) is 0 Å². The molecule has 1 fully saturated rings. The molecule has 1 aromatic rings. The molecular weight excluding hydrogens is 228 g/mol. The average Bonchev–Trinajstić information content (AvgIpc) is 2.39. The molecule has 18 heavy (non-hydrogen) atoms. The van der Waals surface area contributed by atoms with Gasteiger partial charge in [-0.05, 0) is 12.8 Å². The molecule has 1 aliphatic rings. The highest BCUT2D eigenvalue weighted by atomic mass is 15.5. The molecule has 1 aromatic heterocycles. The number of nitrogens with two attached hydrogens (primary N) is 1. The van der Waals surface area contributed by atoms with Crippen molar-refractivity contribution in [1.29, 1.82) is 0 Å². The molecule has 1 aliphatic heterocycles. The van der Waals surface area contributed by atoms with Crippen LogP contribution in [0.4, 0.5) is 11.6 Å². The highest BCUT2D eigenvalue weighted by Gasteiger charge is 2.12. The third-order valence-electron chi connectivity index (χ3n) is 3.04. The van der Waals surface area contributed by atoms with Crippen molar-refractivity contribution in [2.24, 2.45) is 5.84 Å². The number of hydrogen-bond acceptors (Lipinski definition) is 6. The van der Waals surface area contributed by atoms with Gasteiger partial charge in [0.15, 0.2) is 0 Å². The maximum Gasteiger partial charge on any atom is 0.146 e. The number of anilines is 2. The second-order valence-electron chi connectivity index (χ2n) is 4.96. The van der Waals surface area contributed by atoms with Gasteiger partial charge in [0.05, 0.1) is 0 Å². The third kappa shape index (κ3) is 3.30. The van der Waals surface area contributed by atoms with E-state index >= 15 is 0 Å². The maximum absolute atomic E-state index is 5.44. The normalized spacial score (nSPS) is 16.9. The van der Waals surface area contributed by atoms with Crippen LogP contribution in [0.5, 0.6) is 0 Å². The molecular formula is C12H22N6. The molecule has 0 radical (unpaired) electrons. The zero-order valence-electron chi connectivity index (χ0n) is 11.1. The van der Waals surface area contributed by atoms with Crippen LogP contribution < -0.4 is 16.7 Å². The smallest absolute Gasteiger partial charge is 0.146 e. The quantitative estimate of drug-likeness (QED) is 0.557. The number of rotatable bonds is 4. The molecule has 0 saturated carbocycles. The monoisotopic (exact) mass is 250 g/mol. The van der Waals surface area contributed by atoms with Crippen molar-refractivity contribution >= 4 is 11.6 Å². The lowest BCUT2D eigenvalue weighted by Gasteiger charge is -2.27. The summed E-state index contributed by atoms with van der Waals surface area (Å²) >= 11 is 0. The predicted octanol–water partition coefficient (Wildman–Crippen LogP) is 1.70. The molecule has 1 saturated heterocycles. The van der Waals surface area contributed by atoms with Gasteiger partial charge in [-0.15, -0.1) is 0 Å². The fourth-order valence-corrected chi connectivity index (χ4v) is 2.02. The zero-order valence-corrected chi connectivity index (χ0v) is 11.1. The summed E-state index contributed by atoms with van der Waals surface area (Å²) in [5, 5.41) is 2.20. The Hall–Kier alpha value is -1.40. The lowest BCUT2D eigenvalue weighted by Crippen LogP contribution is -2.35. The lowest BCUT2D eigenvalue weighted by molar-refractivity contribution is 0.272. The Morgan fingerprint density at radius 2 is 1.83 bits per heavy atom. The van der Waals surface area contributed by atoms with E-state index in [1.165, 1.54) is 19.3 Å². The van der Waals surface area contributed by atoms with E-state index in [0.717, 1.165) is 24.7 Å². The van der Waals surface area contributed by atoms with Crippen LogP contribution in [0, 0.1) is 0 Å². The minimum atomic E-state index is 0.278.